The summed E-state index contributed by atoms with van der Waals surface area (Å²) < 4.78 is 1.02. The predicted molar refractivity (Wildman–Crippen MR) is 88.9 cm³/mol. The maximum atomic E-state index is 12.1. The Morgan fingerprint density at radius 2 is 1.76 bits per heavy atom. The Morgan fingerprint density at radius 3 is 2.38 bits per heavy atom. The molecule has 0 unspecified atom stereocenters. The maximum Gasteiger partial charge on any atom is 0.270 e. The average Bonchev–Trinajstić information content (AvgIpc) is 2.40. The minimum absolute atomic E-state index is 0.179. The van der Waals surface area contributed by atoms with E-state index in [2.05, 4.69) is 31.5 Å². The van der Waals surface area contributed by atoms with E-state index in [0.29, 0.717) is 5.69 Å². The van der Waals surface area contributed by atoms with E-state index in [1.165, 1.54) is 0 Å². The quantitative estimate of drug-likeness (QED) is 0.878. The molecule has 0 bridgehead atoms. The lowest BCUT2D eigenvalue weighted by atomic mass is 10.1. The van der Waals surface area contributed by atoms with Crippen molar-refractivity contribution in [2.45, 2.75) is 26.3 Å². The number of carbonyl (C=O) groups is 1. The molecule has 1 heterocycles. The van der Waals surface area contributed by atoms with Gasteiger partial charge in [0.05, 0.1) is 0 Å². The number of nitrogens with zero attached hydrogens (tertiary/aromatic N) is 1. The van der Waals surface area contributed by atoms with Crippen LogP contribution in [-0.2, 0) is 0 Å². The van der Waals surface area contributed by atoms with Gasteiger partial charge in [-0.05, 0) is 57.2 Å². The number of amides is 1. The number of halogens is 1. The zero-order valence-corrected chi connectivity index (χ0v) is 13.9. The zero-order chi connectivity index (χ0) is 15.5. The van der Waals surface area contributed by atoms with Gasteiger partial charge in [-0.15, -0.1) is 0 Å². The van der Waals surface area contributed by atoms with Crippen molar-refractivity contribution in [3.63, 3.8) is 0 Å². The molecular formula is C16H18BrN3O. The van der Waals surface area contributed by atoms with Crippen LogP contribution in [0.15, 0.2) is 47.1 Å². The van der Waals surface area contributed by atoms with Gasteiger partial charge < -0.3 is 10.6 Å². The Bertz CT molecular complexity index is 633. The fourth-order valence-corrected chi connectivity index (χ4v) is 2.00. The minimum atomic E-state index is -0.284. The van der Waals surface area contributed by atoms with Crippen molar-refractivity contribution < 1.29 is 4.79 Å². The van der Waals surface area contributed by atoms with Gasteiger partial charge in [0.15, 0.2) is 0 Å². The van der Waals surface area contributed by atoms with Crippen molar-refractivity contribution in [1.82, 2.24) is 10.3 Å². The molecule has 1 aromatic heterocycles. The Kier molecular flexibility index (Phi) is 4.63. The van der Waals surface area contributed by atoms with Gasteiger partial charge in [0.25, 0.3) is 5.91 Å². The fourth-order valence-electron chi connectivity index (χ4n) is 1.74. The van der Waals surface area contributed by atoms with E-state index in [-0.39, 0.29) is 11.4 Å². The lowest BCUT2D eigenvalue weighted by Crippen LogP contribution is -2.40. The summed E-state index contributed by atoms with van der Waals surface area (Å²) in [6, 6.07) is 11.4. The van der Waals surface area contributed by atoms with Crippen molar-refractivity contribution >= 4 is 33.2 Å². The van der Waals surface area contributed by atoms with Crippen LogP contribution in [0.5, 0.6) is 0 Å². The molecule has 21 heavy (non-hydrogen) atoms. The highest BCUT2D eigenvalue weighted by molar-refractivity contribution is 9.10. The largest absolute Gasteiger partial charge is 0.355 e. The second kappa shape index (κ2) is 6.26. The Hall–Kier alpha value is -1.88. The van der Waals surface area contributed by atoms with E-state index in [1.54, 1.807) is 12.3 Å². The molecule has 2 N–H and O–H groups in total. The fraction of sp³-hybridized carbons (Fsp3) is 0.250. The molecular weight excluding hydrogens is 330 g/mol. The molecule has 0 saturated carbocycles. The molecule has 0 radical (unpaired) electrons. The van der Waals surface area contributed by atoms with Crippen molar-refractivity contribution in [3.05, 3.63) is 52.8 Å². The number of benzene rings is 1. The minimum Gasteiger partial charge on any atom is -0.355 e. The van der Waals surface area contributed by atoms with Crippen molar-refractivity contribution in [1.29, 1.82) is 0 Å². The summed E-state index contributed by atoms with van der Waals surface area (Å²) in [7, 11) is 0. The van der Waals surface area contributed by atoms with Crippen LogP contribution in [0.2, 0.25) is 0 Å². The van der Waals surface area contributed by atoms with E-state index in [0.717, 1.165) is 15.8 Å². The highest BCUT2D eigenvalue weighted by Crippen LogP contribution is 2.19. The second-order valence-electron chi connectivity index (χ2n) is 5.77. The van der Waals surface area contributed by atoms with E-state index in [1.807, 2.05) is 51.1 Å². The van der Waals surface area contributed by atoms with Gasteiger partial charge in [-0.3, -0.25) is 9.78 Å². The first-order chi connectivity index (χ1) is 9.83. The second-order valence-corrected chi connectivity index (χ2v) is 6.68. The van der Waals surface area contributed by atoms with Crippen molar-refractivity contribution in [3.8, 4) is 0 Å². The summed E-state index contributed by atoms with van der Waals surface area (Å²) in [5.74, 6) is -0.179. The molecule has 0 spiro atoms. The average molecular weight is 348 g/mol. The number of pyridine rings is 1. The van der Waals surface area contributed by atoms with Gasteiger partial charge in [-0.25, -0.2) is 0 Å². The smallest absolute Gasteiger partial charge is 0.270 e. The molecule has 4 nitrogen and oxygen atoms in total. The maximum absolute atomic E-state index is 12.1. The zero-order valence-electron chi connectivity index (χ0n) is 12.3. The van der Waals surface area contributed by atoms with Gasteiger partial charge in [0.1, 0.15) is 5.69 Å². The number of hydrogen-bond acceptors (Lipinski definition) is 3. The molecule has 0 saturated heterocycles. The topological polar surface area (TPSA) is 54.0 Å². The number of hydrogen-bond donors (Lipinski definition) is 2. The first-order valence-corrected chi connectivity index (χ1v) is 7.44. The molecule has 5 heteroatoms. The molecule has 0 aliphatic carbocycles. The Balaban J connectivity index is 2.14. The number of rotatable bonds is 3. The lowest BCUT2D eigenvalue weighted by Gasteiger charge is -2.20. The highest BCUT2D eigenvalue weighted by atomic mass is 79.9. The summed E-state index contributed by atoms with van der Waals surface area (Å²) in [6.45, 7) is 5.82. The monoisotopic (exact) mass is 347 g/mol. The van der Waals surface area contributed by atoms with Crippen molar-refractivity contribution in [2.75, 3.05) is 5.32 Å². The van der Waals surface area contributed by atoms with Crippen LogP contribution in [0.1, 0.15) is 31.3 Å². The molecule has 0 fully saturated rings. The SMILES string of the molecule is CC(C)(C)NC(=O)c1cc(Nc2ccc(Br)cc2)ccn1. The van der Waals surface area contributed by atoms with Gasteiger partial charge in [-0.2, -0.15) is 0 Å². The molecule has 0 aliphatic heterocycles. The number of nitrogens with one attached hydrogen (secondary N) is 2. The van der Waals surface area contributed by atoms with Gasteiger partial charge in [0.2, 0.25) is 0 Å². The van der Waals surface area contributed by atoms with E-state index < -0.39 is 0 Å². The summed E-state index contributed by atoms with van der Waals surface area (Å²) in [5.41, 5.74) is 1.89. The van der Waals surface area contributed by atoms with Crippen LogP contribution < -0.4 is 10.6 Å². The number of aromatic nitrogens is 1. The van der Waals surface area contributed by atoms with Crippen LogP contribution in [0.3, 0.4) is 0 Å². The molecule has 2 rings (SSSR count). The summed E-state index contributed by atoms with van der Waals surface area (Å²) >= 11 is 3.40. The first kappa shape index (κ1) is 15.5. The summed E-state index contributed by atoms with van der Waals surface area (Å²) in [4.78, 5) is 16.2. The summed E-state index contributed by atoms with van der Waals surface area (Å²) in [5, 5.41) is 6.15. The molecule has 0 aliphatic rings. The van der Waals surface area contributed by atoms with Crippen LogP contribution >= 0.6 is 15.9 Å². The van der Waals surface area contributed by atoms with Crippen molar-refractivity contribution in [2.24, 2.45) is 0 Å². The first-order valence-electron chi connectivity index (χ1n) is 6.65. The standard InChI is InChI=1S/C16H18BrN3O/c1-16(2,3)20-15(21)14-10-13(8-9-18-14)19-12-6-4-11(17)5-7-12/h4-10H,1-3H3,(H,18,19)(H,20,21). The number of carbonyl (C=O) groups excluding carboxylic acids is 1. The lowest BCUT2D eigenvalue weighted by molar-refractivity contribution is 0.0914. The van der Waals surface area contributed by atoms with Crippen LogP contribution in [0, 0.1) is 0 Å². The molecule has 110 valence electrons. The van der Waals surface area contributed by atoms with E-state index in [9.17, 15) is 4.79 Å². The van der Waals surface area contributed by atoms with Crippen LogP contribution in [-0.4, -0.2) is 16.4 Å². The Morgan fingerprint density at radius 1 is 1.10 bits per heavy atom. The molecule has 2 aromatic rings. The van der Waals surface area contributed by atoms with Crippen LogP contribution in [0.25, 0.3) is 0 Å². The van der Waals surface area contributed by atoms with Gasteiger partial charge >= 0.3 is 0 Å². The predicted octanol–water partition coefficient (Wildman–Crippen LogP) is 4.12. The molecule has 1 amide bonds. The van der Waals surface area contributed by atoms with Gasteiger partial charge in [-0.1, -0.05) is 15.9 Å². The highest BCUT2D eigenvalue weighted by Gasteiger charge is 2.16. The third-order valence-corrected chi connectivity index (χ3v) is 3.14. The van der Waals surface area contributed by atoms with Gasteiger partial charge in [0, 0.05) is 27.6 Å². The number of anilines is 2. The Labute approximate surface area is 133 Å². The molecule has 1 aromatic carbocycles. The normalized spacial score (nSPS) is 11.0. The summed E-state index contributed by atoms with van der Waals surface area (Å²) in [6.07, 6.45) is 1.62. The third-order valence-electron chi connectivity index (χ3n) is 2.61. The van der Waals surface area contributed by atoms with Crippen LogP contribution in [0.4, 0.5) is 11.4 Å². The van der Waals surface area contributed by atoms with E-state index >= 15 is 0 Å². The van der Waals surface area contributed by atoms with E-state index in [4.69, 9.17) is 0 Å². The molecule has 0 atom stereocenters. The third kappa shape index (κ3) is 4.86.